The number of hydrogen-bond donors (Lipinski definition) is 2. The van der Waals surface area contributed by atoms with Crippen LogP contribution in [0.4, 0.5) is 0 Å². The van der Waals surface area contributed by atoms with Crippen LogP contribution < -0.4 is 10.5 Å². The number of primary amides is 1. The van der Waals surface area contributed by atoms with Gasteiger partial charge in [0.05, 0.1) is 6.61 Å². The van der Waals surface area contributed by atoms with Crippen molar-refractivity contribution in [1.29, 1.82) is 0 Å². The van der Waals surface area contributed by atoms with Gasteiger partial charge in [0, 0.05) is 5.56 Å². The minimum atomic E-state index is -0.616. The average Bonchev–Trinajstić information content (AvgIpc) is 2.93. The maximum atomic E-state index is 11.3. The van der Waals surface area contributed by atoms with Gasteiger partial charge in [-0.2, -0.15) is 15.4 Å². The fourth-order valence-corrected chi connectivity index (χ4v) is 1.91. The summed E-state index contributed by atoms with van der Waals surface area (Å²) in [5.41, 5.74) is 6.54. The number of benzene rings is 1. The molecule has 0 aliphatic rings. The van der Waals surface area contributed by atoms with Gasteiger partial charge in [-0.25, -0.2) is 0 Å². The number of carbonyl (C=O) groups excluding carboxylic acids is 1. The lowest BCUT2D eigenvalue weighted by molar-refractivity contribution is 0.0996. The summed E-state index contributed by atoms with van der Waals surface area (Å²) in [6.45, 7) is 2.77. The van der Waals surface area contributed by atoms with Crippen LogP contribution in [0.2, 0.25) is 0 Å². The quantitative estimate of drug-likeness (QED) is 0.756. The number of amides is 1. The molecule has 1 heterocycles. The molecular formula is C14H18N4O2. The molecule has 1 aromatic carbocycles. The number of aromatic nitrogens is 3. The molecule has 0 fully saturated rings. The van der Waals surface area contributed by atoms with Gasteiger partial charge in [0.2, 0.25) is 0 Å². The second-order valence-electron chi connectivity index (χ2n) is 4.44. The van der Waals surface area contributed by atoms with E-state index < -0.39 is 5.91 Å². The molecule has 0 atom stereocenters. The van der Waals surface area contributed by atoms with E-state index in [1.54, 1.807) is 0 Å². The van der Waals surface area contributed by atoms with E-state index in [2.05, 4.69) is 22.3 Å². The molecule has 1 amide bonds. The fourth-order valence-electron chi connectivity index (χ4n) is 1.91. The van der Waals surface area contributed by atoms with E-state index in [1.807, 2.05) is 24.3 Å². The summed E-state index contributed by atoms with van der Waals surface area (Å²) in [5.74, 6) is 0.0644. The molecule has 2 rings (SSSR count). The van der Waals surface area contributed by atoms with Crippen LogP contribution in [0.1, 0.15) is 36.7 Å². The molecule has 0 spiro atoms. The van der Waals surface area contributed by atoms with E-state index in [-0.39, 0.29) is 5.69 Å². The van der Waals surface area contributed by atoms with Gasteiger partial charge < -0.3 is 10.5 Å². The molecule has 0 radical (unpaired) electrons. The van der Waals surface area contributed by atoms with Gasteiger partial charge in [-0.1, -0.05) is 31.9 Å². The molecule has 6 heteroatoms. The molecule has 0 saturated heterocycles. The number of hydrogen-bond acceptors (Lipinski definition) is 4. The Morgan fingerprint density at radius 1 is 1.30 bits per heavy atom. The van der Waals surface area contributed by atoms with E-state index in [0.29, 0.717) is 23.6 Å². The summed E-state index contributed by atoms with van der Waals surface area (Å²) >= 11 is 0. The van der Waals surface area contributed by atoms with E-state index in [9.17, 15) is 4.79 Å². The van der Waals surface area contributed by atoms with Crippen LogP contribution in [-0.2, 0) is 0 Å². The third kappa shape index (κ3) is 3.14. The largest absolute Gasteiger partial charge is 0.493 e. The Morgan fingerprint density at radius 3 is 2.85 bits per heavy atom. The smallest absolute Gasteiger partial charge is 0.271 e. The molecule has 0 bridgehead atoms. The maximum Gasteiger partial charge on any atom is 0.271 e. The predicted molar refractivity (Wildman–Crippen MR) is 75.4 cm³/mol. The van der Waals surface area contributed by atoms with Gasteiger partial charge in [0.1, 0.15) is 11.4 Å². The van der Waals surface area contributed by atoms with Gasteiger partial charge in [-0.05, 0) is 18.6 Å². The molecule has 0 aliphatic carbocycles. The number of nitrogens with one attached hydrogen (secondary N) is 1. The topological polar surface area (TPSA) is 93.9 Å². The van der Waals surface area contributed by atoms with Gasteiger partial charge in [-0.15, -0.1) is 0 Å². The molecular weight excluding hydrogens is 256 g/mol. The SMILES string of the molecule is CCCCCOc1ccccc1-c1n[nH]nc1C(N)=O. The lowest BCUT2D eigenvalue weighted by Gasteiger charge is -2.10. The number of rotatable bonds is 7. The van der Waals surface area contributed by atoms with Crippen molar-refractivity contribution in [2.75, 3.05) is 6.61 Å². The molecule has 0 unspecified atom stereocenters. The first-order chi connectivity index (χ1) is 9.74. The number of unbranched alkanes of at least 4 members (excludes halogenated alkanes) is 2. The third-order valence-electron chi connectivity index (χ3n) is 2.93. The summed E-state index contributed by atoms with van der Waals surface area (Å²) in [7, 11) is 0. The van der Waals surface area contributed by atoms with Crippen molar-refractivity contribution in [3.8, 4) is 17.0 Å². The molecule has 0 aliphatic heterocycles. The number of nitrogens with two attached hydrogens (primary N) is 1. The van der Waals surface area contributed by atoms with Crippen molar-refractivity contribution in [2.45, 2.75) is 26.2 Å². The van der Waals surface area contributed by atoms with Crippen LogP contribution in [0.25, 0.3) is 11.3 Å². The summed E-state index contributed by atoms with van der Waals surface area (Å²) < 4.78 is 5.76. The molecule has 6 nitrogen and oxygen atoms in total. The zero-order valence-electron chi connectivity index (χ0n) is 11.4. The predicted octanol–water partition coefficient (Wildman–Crippen LogP) is 2.14. The van der Waals surface area contributed by atoms with E-state index >= 15 is 0 Å². The fraction of sp³-hybridized carbons (Fsp3) is 0.357. The lowest BCUT2D eigenvalue weighted by Crippen LogP contribution is -2.13. The highest BCUT2D eigenvalue weighted by molar-refractivity contribution is 5.97. The van der Waals surface area contributed by atoms with Crippen molar-refractivity contribution in [3.63, 3.8) is 0 Å². The minimum Gasteiger partial charge on any atom is -0.493 e. The molecule has 20 heavy (non-hydrogen) atoms. The van der Waals surface area contributed by atoms with Crippen molar-refractivity contribution in [1.82, 2.24) is 15.4 Å². The van der Waals surface area contributed by atoms with Crippen LogP contribution in [0.3, 0.4) is 0 Å². The maximum absolute atomic E-state index is 11.3. The summed E-state index contributed by atoms with van der Waals surface area (Å²) in [6.07, 6.45) is 3.26. The number of ether oxygens (including phenoxy) is 1. The van der Waals surface area contributed by atoms with E-state index in [0.717, 1.165) is 19.3 Å². The van der Waals surface area contributed by atoms with Gasteiger partial charge >= 0.3 is 0 Å². The van der Waals surface area contributed by atoms with Gasteiger partial charge in [-0.3, -0.25) is 4.79 Å². The van der Waals surface area contributed by atoms with Gasteiger partial charge in [0.15, 0.2) is 5.69 Å². The highest BCUT2D eigenvalue weighted by atomic mass is 16.5. The zero-order chi connectivity index (χ0) is 14.4. The van der Waals surface area contributed by atoms with Crippen molar-refractivity contribution >= 4 is 5.91 Å². The lowest BCUT2D eigenvalue weighted by atomic mass is 10.1. The standard InChI is InChI=1S/C14H18N4O2/c1-2-3-6-9-20-11-8-5-4-7-10(11)12-13(14(15)19)17-18-16-12/h4-5,7-8H,2-3,6,9H2,1H3,(H2,15,19)(H,16,17,18). The Kier molecular flexibility index (Phi) is 4.70. The first-order valence-electron chi connectivity index (χ1n) is 6.66. The Balaban J connectivity index is 2.23. The molecule has 2 aromatic rings. The van der Waals surface area contributed by atoms with E-state index in [1.165, 1.54) is 0 Å². The van der Waals surface area contributed by atoms with Crippen LogP contribution in [0.15, 0.2) is 24.3 Å². The minimum absolute atomic E-state index is 0.120. The summed E-state index contributed by atoms with van der Waals surface area (Å²) in [4.78, 5) is 11.3. The summed E-state index contributed by atoms with van der Waals surface area (Å²) in [6, 6.07) is 7.41. The van der Waals surface area contributed by atoms with Gasteiger partial charge in [0.25, 0.3) is 5.91 Å². The number of nitrogens with zero attached hydrogens (tertiary/aromatic N) is 2. The summed E-state index contributed by atoms with van der Waals surface area (Å²) in [5, 5.41) is 10.2. The zero-order valence-corrected chi connectivity index (χ0v) is 11.4. The van der Waals surface area contributed by atoms with Crippen molar-refractivity contribution in [2.24, 2.45) is 5.73 Å². The Hall–Kier alpha value is -2.37. The number of carbonyl (C=O) groups is 1. The molecule has 1 aromatic heterocycles. The highest BCUT2D eigenvalue weighted by Crippen LogP contribution is 2.29. The number of para-hydroxylation sites is 1. The van der Waals surface area contributed by atoms with Crippen LogP contribution in [0.5, 0.6) is 5.75 Å². The number of H-pyrrole nitrogens is 1. The van der Waals surface area contributed by atoms with Crippen LogP contribution in [0, 0.1) is 0 Å². The highest BCUT2D eigenvalue weighted by Gasteiger charge is 2.18. The van der Waals surface area contributed by atoms with Crippen molar-refractivity contribution < 1.29 is 9.53 Å². The average molecular weight is 274 g/mol. The molecule has 0 saturated carbocycles. The normalized spacial score (nSPS) is 10.4. The van der Waals surface area contributed by atoms with Crippen molar-refractivity contribution in [3.05, 3.63) is 30.0 Å². The monoisotopic (exact) mass is 274 g/mol. The molecule has 106 valence electrons. The van der Waals surface area contributed by atoms with E-state index in [4.69, 9.17) is 10.5 Å². The second-order valence-corrected chi connectivity index (χ2v) is 4.44. The Morgan fingerprint density at radius 2 is 2.10 bits per heavy atom. The number of aromatic amines is 1. The van der Waals surface area contributed by atoms with Crippen LogP contribution >= 0.6 is 0 Å². The third-order valence-corrected chi connectivity index (χ3v) is 2.93. The second kappa shape index (κ2) is 6.70. The van der Waals surface area contributed by atoms with Crippen LogP contribution in [-0.4, -0.2) is 27.9 Å². The first-order valence-corrected chi connectivity index (χ1v) is 6.66. The molecule has 3 N–H and O–H groups in total. The Labute approximate surface area is 117 Å². The first kappa shape index (κ1) is 14.0. The Bertz CT molecular complexity index is 580.